The number of anilines is 3. The minimum atomic E-state index is 1.05. The van der Waals surface area contributed by atoms with E-state index < -0.39 is 0 Å². The molecule has 2 aromatic heterocycles. The van der Waals surface area contributed by atoms with Gasteiger partial charge >= 0.3 is 0 Å². The van der Waals surface area contributed by atoms with E-state index in [9.17, 15) is 0 Å². The number of nitrogens with zero attached hydrogens (tertiary/aromatic N) is 2. The normalized spacial score (nSPS) is 11.3. The maximum Gasteiger partial charge on any atom is 0.0909 e. The Balaban J connectivity index is 1.26. The topological polar surface area (TPSA) is 16.1 Å². The Kier molecular flexibility index (Phi) is 6.02. The quantitative estimate of drug-likeness (QED) is 0.210. The Morgan fingerprint density at radius 2 is 1.07 bits per heavy atom. The Hall–Kier alpha value is -5.25. The Labute approximate surface area is 248 Å². The van der Waals surface area contributed by atoms with Crippen molar-refractivity contribution >= 4 is 59.5 Å². The zero-order valence-corrected chi connectivity index (χ0v) is 23.6. The first kappa shape index (κ1) is 24.5. The molecule has 2 heterocycles. The maximum atomic E-state index is 4.82. The van der Waals surface area contributed by atoms with Crippen molar-refractivity contribution in [1.82, 2.24) is 4.98 Å². The van der Waals surface area contributed by atoms with Gasteiger partial charge in [0, 0.05) is 27.7 Å². The van der Waals surface area contributed by atoms with Crippen LogP contribution in [-0.4, -0.2) is 4.98 Å². The molecule has 42 heavy (non-hydrogen) atoms. The van der Waals surface area contributed by atoms with E-state index >= 15 is 0 Å². The minimum absolute atomic E-state index is 1.05. The number of rotatable bonds is 5. The molecule has 8 rings (SSSR count). The number of aromatic nitrogens is 1. The summed E-state index contributed by atoms with van der Waals surface area (Å²) in [6.45, 7) is 0. The standard InChI is InChI=1S/C39H26N2S/c1-2-8-27(9-3-1)29-16-20-33(21-17-29)41(36-24-25-40-38-35-12-6-7-13-37(35)42-39(36)38)34-22-18-30(19-23-34)32-15-14-28-10-4-5-11-31(28)26-32/h1-26H. The molecule has 0 aliphatic heterocycles. The number of hydrogen-bond acceptors (Lipinski definition) is 3. The smallest absolute Gasteiger partial charge is 0.0909 e. The highest BCUT2D eigenvalue weighted by Gasteiger charge is 2.19. The highest BCUT2D eigenvalue weighted by atomic mass is 32.1. The summed E-state index contributed by atoms with van der Waals surface area (Å²) < 4.78 is 2.43. The second kappa shape index (κ2) is 10.3. The van der Waals surface area contributed by atoms with Gasteiger partial charge in [-0.1, -0.05) is 109 Å². The monoisotopic (exact) mass is 554 g/mol. The van der Waals surface area contributed by atoms with E-state index in [0.717, 1.165) is 22.6 Å². The molecule has 0 aliphatic rings. The van der Waals surface area contributed by atoms with Crippen LogP contribution in [0.3, 0.4) is 0 Å². The van der Waals surface area contributed by atoms with Crippen LogP contribution >= 0.6 is 11.3 Å². The highest BCUT2D eigenvalue weighted by Crippen LogP contribution is 2.44. The van der Waals surface area contributed by atoms with Crippen molar-refractivity contribution in [3.63, 3.8) is 0 Å². The second-order valence-electron chi connectivity index (χ2n) is 10.5. The van der Waals surface area contributed by atoms with E-state index in [4.69, 9.17) is 4.98 Å². The van der Waals surface area contributed by atoms with Crippen LogP contribution < -0.4 is 4.90 Å². The Morgan fingerprint density at radius 1 is 0.476 bits per heavy atom. The third kappa shape index (κ3) is 4.32. The molecule has 198 valence electrons. The zero-order chi connectivity index (χ0) is 27.9. The Morgan fingerprint density at radius 3 is 1.83 bits per heavy atom. The fourth-order valence-electron chi connectivity index (χ4n) is 5.80. The van der Waals surface area contributed by atoms with Crippen molar-refractivity contribution < 1.29 is 0 Å². The SMILES string of the molecule is c1ccc(-c2ccc(N(c3ccc(-c4ccc5ccccc5c4)cc3)c3ccnc4c3sc3ccccc34)cc2)cc1. The maximum absolute atomic E-state index is 4.82. The summed E-state index contributed by atoms with van der Waals surface area (Å²) in [5.41, 5.74) is 9.23. The van der Waals surface area contributed by atoms with Crippen LogP contribution in [-0.2, 0) is 0 Å². The highest BCUT2D eigenvalue weighted by molar-refractivity contribution is 7.26. The number of thiophene rings is 1. The van der Waals surface area contributed by atoms with Crippen LogP contribution in [0.25, 0.3) is 53.3 Å². The van der Waals surface area contributed by atoms with E-state index in [1.807, 2.05) is 6.20 Å². The van der Waals surface area contributed by atoms with Crippen molar-refractivity contribution in [2.45, 2.75) is 0 Å². The Bertz CT molecular complexity index is 2180. The molecule has 0 saturated heterocycles. The second-order valence-corrected chi connectivity index (χ2v) is 11.5. The lowest BCUT2D eigenvalue weighted by Gasteiger charge is -2.26. The molecule has 0 radical (unpaired) electrons. The molecule has 0 aliphatic carbocycles. The molecule has 0 N–H and O–H groups in total. The van der Waals surface area contributed by atoms with Gasteiger partial charge < -0.3 is 4.90 Å². The first-order chi connectivity index (χ1) is 20.8. The van der Waals surface area contributed by atoms with E-state index in [-0.39, 0.29) is 0 Å². The molecule has 0 amide bonds. The van der Waals surface area contributed by atoms with Crippen molar-refractivity contribution in [2.75, 3.05) is 4.90 Å². The summed E-state index contributed by atoms with van der Waals surface area (Å²) in [6, 6.07) is 54.2. The minimum Gasteiger partial charge on any atom is -0.309 e. The predicted molar refractivity (Wildman–Crippen MR) is 180 cm³/mol. The fourth-order valence-corrected chi connectivity index (χ4v) is 6.96. The number of benzene rings is 6. The summed E-state index contributed by atoms with van der Waals surface area (Å²) in [5, 5.41) is 3.71. The molecule has 8 aromatic rings. The molecule has 3 heteroatoms. The zero-order valence-electron chi connectivity index (χ0n) is 22.8. The van der Waals surface area contributed by atoms with Gasteiger partial charge in [-0.15, -0.1) is 11.3 Å². The van der Waals surface area contributed by atoms with Gasteiger partial charge in [0.2, 0.25) is 0 Å². The molecular formula is C39H26N2S. The van der Waals surface area contributed by atoms with Crippen LogP contribution in [0.5, 0.6) is 0 Å². The lowest BCUT2D eigenvalue weighted by atomic mass is 10.0. The third-order valence-electron chi connectivity index (χ3n) is 7.92. The van der Waals surface area contributed by atoms with Crippen LogP contribution in [0.1, 0.15) is 0 Å². The lowest BCUT2D eigenvalue weighted by Crippen LogP contribution is -2.10. The lowest BCUT2D eigenvalue weighted by molar-refractivity contribution is 1.29. The molecule has 6 aromatic carbocycles. The summed E-state index contributed by atoms with van der Waals surface area (Å²) in [4.78, 5) is 7.18. The predicted octanol–water partition coefficient (Wildman–Crippen LogP) is 11.4. The van der Waals surface area contributed by atoms with Gasteiger partial charge in [0.25, 0.3) is 0 Å². The van der Waals surface area contributed by atoms with Gasteiger partial charge in [-0.3, -0.25) is 4.98 Å². The van der Waals surface area contributed by atoms with Gasteiger partial charge in [0.05, 0.1) is 15.9 Å². The van der Waals surface area contributed by atoms with Crippen LogP contribution in [0, 0.1) is 0 Å². The molecule has 0 atom stereocenters. The molecule has 0 bridgehead atoms. The van der Waals surface area contributed by atoms with E-state index in [1.54, 1.807) is 11.3 Å². The summed E-state index contributed by atoms with van der Waals surface area (Å²) in [6.07, 6.45) is 1.94. The van der Waals surface area contributed by atoms with Gasteiger partial charge in [-0.05, 0) is 75.5 Å². The summed E-state index contributed by atoms with van der Waals surface area (Å²) >= 11 is 1.80. The number of fused-ring (bicyclic) bond motifs is 4. The summed E-state index contributed by atoms with van der Waals surface area (Å²) in [7, 11) is 0. The van der Waals surface area contributed by atoms with E-state index in [2.05, 4.69) is 157 Å². The molecule has 0 spiro atoms. The first-order valence-corrected chi connectivity index (χ1v) is 14.9. The van der Waals surface area contributed by atoms with Crippen molar-refractivity contribution in [3.8, 4) is 22.3 Å². The molecule has 0 fully saturated rings. The largest absolute Gasteiger partial charge is 0.309 e. The summed E-state index contributed by atoms with van der Waals surface area (Å²) in [5.74, 6) is 0. The third-order valence-corrected chi connectivity index (χ3v) is 9.10. The van der Waals surface area contributed by atoms with Crippen molar-refractivity contribution in [1.29, 1.82) is 0 Å². The van der Waals surface area contributed by atoms with Crippen molar-refractivity contribution in [3.05, 3.63) is 158 Å². The van der Waals surface area contributed by atoms with E-state index in [1.165, 1.54) is 47.8 Å². The fraction of sp³-hybridized carbons (Fsp3) is 0. The van der Waals surface area contributed by atoms with E-state index in [0.29, 0.717) is 0 Å². The van der Waals surface area contributed by atoms with Gasteiger partial charge in [0.1, 0.15) is 0 Å². The average molecular weight is 555 g/mol. The van der Waals surface area contributed by atoms with Crippen LogP contribution in [0.4, 0.5) is 17.1 Å². The molecular weight excluding hydrogens is 529 g/mol. The average Bonchev–Trinajstić information content (AvgIpc) is 3.45. The van der Waals surface area contributed by atoms with Gasteiger partial charge in [0.15, 0.2) is 0 Å². The molecule has 0 unspecified atom stereocenters. The van der Waals surface area contributed by atoms with Crippen molar-refractivity contribution in [2.24, 2.45) is 0 Å². The van der Waals surface area contributed by atoms with Gasteiger partial charge in [-0.2, -0.15) is 0 Å². The number of hydrogen-bond donors (Lipinski definition) is 0. The molecule has 0 saturated carbocycles. The van der Waals surface area contributed by atoms with Crippen LogP contribution in [0.2, 0.25) is 0 Å². The molecule has 2 nitrogen and oxygen atoms in total. The van der Waals surface area contributed by atoms with Gasteiger partial charge in [-0.25, -0.2) is 0 Å². The van der Waals surface area contributed by atoms with Crippen LogP contribution in [0.15, 0.2) is 158 Å². The first-order valence-electron chi connectivity index (χ1n) is 14.1. The number of pyridine rings is 1.